The van der Waals surface area contributed by atoms with Crippen molar-refractivity contribution in [2.75, 3.05) is 20.7 Å². The van der Waals surface area contributed by atoms with Crippen LogP contribution in [0.15, 0.2) is 0 Å². The average Bonchev–Trinajstić information content (AvgIpc) is 2.87. The minimum atomic E-state index is -3.42. The summed E-state index contributed by atoms with van der Waals surface area (Å²) in [5.74, 6) is -0.588. The molecule has 0 aromatic carbocycles. The number of rotatable bonds is 6. The number of nitrogens with zero attached hydrogens (tertiary/aromatic N) is 1. The van der Waals surface area contributed by atoms with E-state index < -0.39 is 27.2 Å². The number of hydrogen-bond acceptors (Lipinski definition) is 4. The van der Waals surface area contributed by atoms with E-state index in [-0.39, 0.29) is 0 Å². The van der Waals surface area contributed by atoms with Crippen molar-refractivity contribution in [2.45, 2.75) is 44.8 Å². The molecule has 6 heteroatoms. The number of carbonyl (C=O) groups is 1. The molecule has 5 nitrogen and oxygen atoms in total. The van der Waals surface area contributed by atoms with E-state index >= 15 is 0 Å². The van der Waals surface area contributed by atoms with Crippen molar-refractivity contribution in [3.05, 3.63) is 0 Å². The van der Waals surface area contributed by atoms with Gasteiger partial charge in [-0.15, -0.1) is 0 Å². The first-order valence-electron chi connectivity index (χ1n) is 6.87. The molecule has 0 radical (unpaired) electrons. The minimum absolute atomic E-state index is 0.317. The van der Waals surface area contributed by atoms with Crippen molar-refractivity contribution in [1.29, 1.82) is 0 Å². The van der Waals surface area contributed by atoms with Gasteiger partial charge in [0.25, 0.3) is 0 Å². The van der Waals surface area contributed by atoms with Gasteiger partial charge in [0.1, 0.15) is 0 Å². The third kappa shape index (κ3) is 3.69. The summed E-state index contributed by atoms with van der Waals surface area (Å²) in [5.41, 5.74) is 0. The Morgan fingerprint density at radius 2 is 2.05 bits per heavy atom. The average molecular weight is 291 g/mol. The molecule has 19 heavy (non-hydrogen) atoms. The molecule has 0 N–H and O–H groups in total. The van der Waals surface area contributed by atoms with Crippen LogP contribution in [0.2, 0.25) is 0 Å². The molecule has 112 valence electrons. The first-order valence-corrected chi connectivity index (χ1v) is 8.37. The fourth-order valence-electron chi connectivity index (χ4n) is 2.61. The van der Waals surface area contributed by atoms with E-state index in [2.05, 4.69) is 0 Å². The fraction of sp³-hybridized carbons (Fsp3) is 0.923. The van der Waals surface area contributed by atoms with Crippen LogP contribution in [0.25, 0.3) is 0 Å². The van der Waals surface area contributed by atoms with Crippen LogP contribution in [-0.2, 0) is 19.6 Å². The van der Waals surface area contributed by atoms with Gasteiger partial charge in [-0.3, -0.25) is 4.79 Å². The molecule has 0 heterocycles. The zero-order valence-electron chi connectivity index (χ0n) is 12.3. The molecule has 0 amide bonds. The molecule has 1 aliphatic rings. The van der Waals surface area contributed by atoms with Gasteiger partial charge in [0, 0.05) is 13.6 Å². The third-order valence-corrected chi connectivity index (χ3v) is 6.39. The van der Waals surface area contributed by atoms with Crippen molar-refractivity contribution in [3.63, 3.8) is 0 Å². The summed E-state index contributed by atoms with van der Waals surface area (Å²) < 4.78 is 31.2. The molecule has 0 aromatic heterocycles. The lowest BCUT2D eigenvalue weighted by Gasteiger charge is -2.26. The zero-order chi connectivity index (χ0) is 14.6. The van der Waals surface area contributed by atoms with Crippen LogP contribution in [0.5, 0.6) is 0 Å². The maximum Gasteiger partial charge on any atom is 0.310 e. The number of hydrogen-bond donors (Lipinski definition) is 0. The summed E-state index contributed by atoms with van der Waals surface area (Å²) in [5, 5.41) is -0.617. The van der Waals surface area contributed by atoms with Gasteiger partial charge in [0.15, 0.2) is 0 Å². The van der Waals surface area contributed by atoms with E-state index in [0.29, 0.717) is 25.3 Å². The predicted octanol–water partition coefficient (Wildman–Crippen LogP) is 1.64. The van der Waals surface area contributed by atoms with Crippen molar-refractivity contribution in [3.8, 4) is 0 Å². The fourth-order valence-corrected chi connectivity index (χ4v) is 4.66. The molecule has 0 saturated heterocycles. The zero-order valence-corrected chi connectivity index (χ0v) is 13.1. The monoisotopic (exact) mass is 291 g/mol. The Morgan fingerprint density at radius 3 is 2.58 bits per heavy atom. The number of methoxy groups -OCH3 is 1. The summed E-state index contributed by atoms with van der Waals surface area (Å²) in [7, 11) is -0.498. The Hall–Kier alpha value is -0.620. The molecule has 0 bridgehead atoms. The molecule has 0 aromatic rings. The highest BCUT2D eigenvalue weighted by Crippen LogP contribution is 2.33. The van der Waals surface area contributed by atoms with Crippen LogP contribution in [0.4, 0.5) is 0 Å². The van der Waals surface area contributed by atoms with Gasteiger partial charge in [-0.05, 0) is 18.8 Å². The molecular weight excluding hydrogens is 266 g/mol. The van der Waals surface area contributed by atoms with Crippen LogP contribution in [0.1, 0.15) is 39.5 Å². The van der Waals surface area contributed by atoms with E-state index in [9.17, 15) is 13.2 Å². The minimum Gasteiger partial charge on any atom is -0.469 e. The van der Waals surface area contributed by atoms with E-state index in [0.717, 1.165) is 12.8 Å². The second-order valence-corrected chi connectivity index (χ2v) is 7.70. The Labute approximate surface area is 116 Å². The summed E-state index contributed by atoms with van der Waals surface area (Å²) in [6.07, 6.45) is 2.85. The molecule has 1 fully saturated rings. The lowest BCUT2D eigenvalue weighted by Crippen LogP contribution is -2.42. The topological polar surface area (TPSA) is 63.7 Å². The maximum atomic E-state index is 12.5. The molecule has 1 saturated carbocycles. The molecule has 0 aliphatic heterocycles. The van der Waals surface area contributed by atoms with Crippen LogP contribution in [0.3, 0.4) is 0 Å². The van der Waals surface area contributed by atoms with Crippen molar-refractivity contribution >= 4 is 16.0 Å². The lowest BCUT2D eigenvalue weighted by atomic mass is 10.1. The van der Waals surface area contributed by atoms with Gasteiger partial charge < -0.3 is 4.74 Å². The Kier molecular flexibility index (Phi) is 5.80. The first kappa shape index (κ1) is 16.4. The van der Waals surface area contributed by atoms with E-state index in [1.807, 2.05) is 13.8 Å². The van der Waals surface area contributed by atoms with E-state index in [4.69, 9.17) is 4.74 Å². The summed E-state index contributed by atoms with van der Waals surface area (Å²) in [6, 6.07) is 0. The maximum absolute atomic E-state index is 12.5. The number of ether oxygens (including phenoxy) is 1. The third-order valence-electron chi connectivity index (χ3n) is 4.04. The van der Waals surface area contributed by atoms with Crippen LogP contribution in [0, 0.1) is 11.8 Å². The predicted molar refractivity (Wildman–Crippen MR) is 74.1 cm³/mol. The molecular formula is C13H25NO4S. The quantitative estimate of drug-likeness (QED) is 0.698. The van der Waals surface area contributed by atoms with E-state index in [1.54, 1.807) is 7.05 Å². The van der Waals surface area contributed by atoms with Gasteiger partial charge in [0.2, 0.25) is 10.0 Å². The lowest BCUT2D eigenvalue weighted by molar-refractivity contribution is -0.145. The second-order valence-electron chi connectivity index (χ2n) is 5.44. The highest BCUT2D eigenvalue weighted by Gasteiger charge is 2.43. The Bertz CT molecular complexity index is 407. The van der Waals surface area contributed by atoms with Gasteiger partial charge in [0.05, 0.1) is 18.3 Å². The molecule has 3 unspecified atom stereocenters. The molecule has 1 aliphatic carbocycles. The van der Waals surface area contributed by atoms with Gasteiger partial charge >= 0.3 is 5.97 Å². The SMILES string of the molecule is CCC(C)CN(C)S(=O)(=O)C1CCCC1C(=O)OC. The van der Waals surface area contributed by atoms with Crippen molar-refractivity contribution in [1.82, 2.24) is 4.31 Å². The Balaban J connectivity index is 2.84. The standard InChI is InChI=1S/C13H25NO4S/c1-5-10(2)9-14(3)19(16,17)12-8-6-7-11(12)13(15)18-4/h10-12H,5-9H2,1-4H3. The molecule has 0 spiro atoms. The number of carbonyl (C=O) groups excluding carboxylic acids is 1. The van der Waals surface area contributed by atoms with Crippen molar-refractivity contribution in [2.24, 2.45) is 11.8 Å². The van der Waals surface area contributed by atoms with Gasteiger partial charge in [-0.25, -0.2) is 12.7 Å². The van der Waals surface area contributed by atoms with E-state index in [1.165, 1.54) is 11.4 Å². The van der Waals surface area contributed by atoms with Crippen molar-refractivity contribution < 1.29 is 17.9 Å². The summed E-state index contributed by atoms with van der Waals surface area (Å²) in [6.45, 7) is 4.57. The van der Waals surface area contributed by atoms with Crippen LogP contribution >= 0.6 is 0 Å². The number of sulfonamides is 1. The first-order chi connectivity index (χ1) is 8.84. The highest BCUT2D eigenvalue weighted by atomic mass is 32.2. The number of esters is 1. The van der Waals surface area contributed by atoms with Crippen LogP contribution in [-0.4, -0.2) is 44.6 Å². The highest BCUT2D eigenvalue weighted by molar-refractivity contribution is 7.89. The van der Waals surface area contributed by atoms with Crippen LogP contribution < -0.4 is 0 Å². The molecule has 1 rings (SSSR count). The normalized spacial score (nSPS) is 25.5. The Morgan fingerprint density at radius 1 is 1.42 bits per heavy atom. The summed E-state index contributed by atoms with van der Waals surface area (Å²) in [4.78, 5) is 11.7. The van der Waals surface area contributed by atoms with Gasteiger partial charge in [-0.2, -0.15) is 0 Å². The largest absolute Gasteiger partial charge is 0.469 e. The molecule has 3 atom stereocenters. The smallest absolute Gasteiger partial charge is 0.310 e. The van der Waals surface area contributed by atoms with Gasteiger partial charge in [-0.1, -0.05) is 26.7 Å². The second kappa shape index (κ2) is 6.70. The summed E-state index contributed by atoms with van der Waals surface area (Å²) >= 11 is 0.